The average molecular weight is 480 g/mol. The van der Waals surface area contributed by atoms with E-state index in [4.69, 9.17) is 5.73 Å². The first-order chi connectivity index (χ1) is 16.7. The number of hydrogen-bond acceptors (Lipinski definition) is 3. The van der Waals surface area contributed by atoms with Gasteiger partial charge in [0.25, 0.3) is 0 Å². The van der Waals surface area contributed by atoms with E-state index >= 15 is 0 Å². The van der Waals surface area contributed by atoms with Crippen LogP contribution in [0.25, 0.3) is 0 Å². The molecule has 0 fully saturated rings. The zero-order valence-electron chi connectivity index (χ0n) is 23.4. The molecule has 0 aliphatic heterocycles. The highest BCUT2D eigenvalue weighted by molar-refractivity contribution is 5.88. The third-order valence-corrected chi connectivity index (χ3v) is 7.30. The summed E-state index contributed by atoms with van der Waals surface area (Å²) < 4.78 is 0. The van der Waals surface area contributed by atoms with Gasteiger partial charge in [-0.05, 0) is 12.8 Å². The molecule has 1 atom stereocenters. The van der Waals surface area contributed by atoms with Crippen molar-refractivity contribution < 1.29 is 9.59 Å². The second-order valence-electron chi connectivity index (χ2n) is 10.7. The molecule has 3 heteroatoms. The summed E-state index contributed by atoms with van der Waals surface area (Å²) in [6.45, 7) is 4.85. The fourth-order valence-electron chi connectivity index (χ4n) is 4.86. The lowest BCUT2D eigenvalue weighted by atomic mass is 9.92. The Morgan fingerprint density at radius 3 is 1.18 bits per heavy atom. The maximum Gasteiger partial charge on any atom is 0.137 e. The van der Waals surface area contributed by atoms with Crippen LogP contribution in [0.2, 0.25) is 0 Å². The van der Waals surface area contributed by atoms with Gasteiger partial charge in [0.05, 0.1) is 0 Å². The number of unbranched alkanes of at least 4 members (excludes halogenated alkanes) is 20. The highest BCUT2D eigenvalue weighted by Gasteiger charge is 2.19. The van der Waals surface area contributed by atoms with Crippen molar-refractivity contribution in [2.75, 3.05) is 6.54 Å². The number of rotatable bonds is 28. The van der Waals surface area contributed by atoms with Gasteiger partial charge in [0.15, 0.2) is 0 Å². The third-order valence-electron chi connectivity index (χ3n) is 7.30. The standard InChI is InChI=1S/C31H61NO2/c1-3-5-7-9-11-13-15-17-19-21-23-25-30(33)27-29(28-32)31(34)26-24-22-20-18-16-14-12-10-8-6-4-2/h29H,3-28,32H2,1-2H3. The molecule has 0 amide bonds. The van der Waals surface area contributed by atoms with Gasteiger partial charge in [-0.3, -0.25) is 9.59 Å². The van der Waals surface area contributed by atoms with Crippen molar-refractivity contribution in [3.05, 3.63) is 0 Å². The van der Waals surface area contributed by atoms with Crippen LogP contribution in [-0.2, 0) is 9.59 Å². The Labute approximate surface area is 213 Å². The SMILES string of the molecule is CCCCCCCCCCCCCC(=O)CC(CN)C(=O)CCCCCCCCCCCCC. The zero-order valence-corrected chi connectivity index (χ0v) is 23.4. The Balaban J connectivity index is 3.60. The van der Waals surface area contributed by atoms with Gasteiger partial charge < -0.3 is 5.73 Å². The van der Waals surface area contributed by atoms with Gasteiger partial charge in [0.1, 0.15) is 11.6 Å². The minimum Gasteiger partial charge on any atom is -0.330 e. The van der Waals surface area contributed by atoms with Crippen LogP contribution in [0.5, 0.6) is 0 Å². The summed E-state index contributed by atoms with van der Waals surface area (Å²) in [5, 5.41) is 0. The largest absolute Gasteiger partial charge is 0.330 e. The molecule has 0 aliphatic carbocycles. The van der Waals surface area contributed by atoms with E-state index < -0.39 is 0 Å². The van der Waals surface area contributed by atoms with E-state index in [0.29, 0.717) is 25.8 Å². The van der Waals surface area contributed by atoms with Crippen LogP contribution in [0.4, 0.5) is 0 Å². The van der Waals surface area contributed by atoms with Crippen molar-refractivity contribution in [2.24, 2.45) is 11.7 Å². The molecule has 3 nitrogen and oxygen atoms in total. The summed E-state index contributed by atoms with van der Waals surface area (Å²) in [4.78, 5) is 24.8. The summed E-state index contributed by atoms with van der Waals surface area (Å²) in [5.74, 6) is 0.202. The predicted molar refractivity (Wildman–Crippen MR) is 149 cm³/mol. The molecule has 0 rings (SSSR count). The number of ketones is 2. The molecule has 0 heterocycles. The number of nitrogens with two attached hydrogens (primary N) is 1. The first-order valence-corrected chi connectivity index (χ1v) is 15.4. The number of carbonyl (C=O) groups is 2. The van der Waals surface area contributed by atoms with Crippen molar-refractivity contribution in [1.29, 1.82) is 0 Å². The van der Waals surface area contributed by atoms with E-state index in [2.05, 4.69) is 13.8 Å². The Kier molecular flexibility index (Phi) is 26.3. The molecular formula is C31H61NO2. The molecule has 0 radical (unpaired) electrons. The van der Waals surface area contributed by atoms with Crippen molar-refractivity contribution >= 4 is 11.6 Å². The topological polar surface area (TPSA) is 60.2 Å². The fourth-order valence-corrected chi connectivity index (χ4v) is 4.86. The maximum absolute atomic E-state index is 12.5. The lowest BCUT2D eigenvalue weighted by Crippen LogP contribution is -2.26. The highest BCUT2D eigenvalue weighted by atomic mass is 16.1. The Morgan fingerprint density at radius 2 is 0.824 bits per heavy atom. The monoisotopic (exact) mass is 479 g/mol. The van der Waals surface area contributed by atoms with Crippen LogP contribution in [0.3, 0.4) is 0 Å². The Hall–Kier alpha value is -0.700. The quantitative estimate of drug-likeness (QED) is 0.114. The van der Waals surface area contributed by atoms with Crippen molar-refractivity contribution in [3.63, 3.8) is 0 Å². The molecule has 0 bridgehead atoms. The van der Waals surface area contributed by atoms with Gasteiger partial charge in [0.2, 0.25) is 0 Å². The van der Waals surface area contributed by atoms with E-state index in [1.54, 1.807) is 0 Å². The van der Waals surface area contributed by atoms with Crippen LogP contribution in [0.1, 0.15) is 174 Å². The van der Waals surface area contributed by atoms with Gasteiger partial charge in [0, 0.05) is 31.7 Å². The van der Waals surface area contributed by atoms with Crippen LogP contribution in [0.15, 0.2) is 0 Å². The third kappa shape index (κ3) is 23.1. The zero-order chi connectivity index (χ0) is 25.1. The van der Waals surface area contributed by atoms with E-state index in [1.807, 2.05) is 0 Å². The van der Waals surface area contributed by atoms with Crippen molar-refractivity contribution in [2.45, 2.75) is 174 Å². The maximum atomic E-state index is 12.5. The second-order valence-corrected chi connectivity index (χ2v) is 10.7. The molecule has 0 saturated heterocycles. The van der Waals surface area contributed by atoms with Crippen LogP contribution in [-0.4, -0.2) is 18.1 Å². The van der Waals surface area contributed by atoms with Crippen LogP contribution in [0, 0.1) is 5.92 Å². The summed E-state index contributed by atoms with van der Waals surface area (Å²) >= 11 is 0. The first kappa shape index (κ1) is 33.3. The first-order valence-electron chi connectivity index (χ1n) is 15.4. The second kappa shape index (κ2) is 26.9. The molecule has 0 spiro atoms. The molecule has 0 aromatic rings. The number of hydrogen-bond donors (Lipinski definition) is 1. The minimum atomic E-state index is -0.247. The molecule has 1 unspecified atom stereocenters. The van der Waals surface area contributed by atoms with E-state index in [9.17, 15) is 9.59 Å². The van der Waals surface area contributed by atoms with Crippen LogP contribution < -0.4 is 5.73 Å². The lowest BCUT2D eigenvalue weighted by Gasteiger charge is -2.13. The van der Waals surface area contributed by atoms with E-state index in [0.717, 1.165) is 25.7 Å². The van der Waals surface area contributed by atoms with E-state index in [1.165, 1.54) is 116 Å². The van der Waals surface area contributed by atoms with Crippen molar-refractivity contribution in [3.8, 4) is 0 Å². The van der Waals surface area contributed by atoms with Gasteiger partial charge >= 0.3 is 0 Å². The molecule has 34 heavy (non-hydrogen) atoms. The normalized spacial score (nSPS) is 12.2. The minimum absolute atomic E-state index is 0.214. The summed E-state index contributed by atoms with van der Waals surface area (Å²) in [7, 11) is 0. The number of carbonyl (C=O) groups excluding carboxylic acids is 2. The molecule has 0 aromatic carbocycles. The average Bonchev–Trinajstić information content (AvgIpc) is 2.84. The molecule has 2 N–H and O–H groups in total. The van der Waals surface area contributed by atoms with Gasteiger partial charge in [-0.1, -0.05) is 142 Å². The molecule has 0 aromatic heterocycles. The summed E-state index contributed by atoms with van der Waals surface area (Å²) in [6.07, 6.45) is 30.0. The molecule has 202 valence electrons. The lowest BCUT2D eigenvalue weighted by molar-refractivity contribution is -0.127. The Morgan fingerprint density at radius 1 is 0.500 bits per heavy atom. The highest BCUT2D eigenvalue weighted by Crippen LogP contribution is 2.16. The fraction of sp³-hybridized carbons (Fsp3) is 0.935. The predicted octanol–water partition coefficient (Wildman–Crippen LogP) is 9.49. The van der Waals surface area contributed by atoms with Crippen LogP contribution >= 0.6 is 0 Å². The molecular weight excluding hydrogens is 418 g/mol. The number of Topliss-reactive ketones (excluding diaryl/α,β-unsaturated/α-hetero) is 2. The smallest absolute Gasteiger partial charge is 0.137 e. The van der Waals surface area contributed by atoms with Gasteiger partial charge in [-0.25, -0.2) is 0 Å². The Bertz CT molecular complexity index is 449. The summed E-state index contributed by atoms with van der Waals surface area (Å²) in [5.41, 5.74) is 5.84. The molecule has 0 aliphatic rings. The van der Waals surface area contributed by atoms with Gasteiger partial charge in [-0.2, -0.15) is 0 Å². The van der Waals surface area contributed by atoms with Gasteiger partial charge in [-0.15, -0.1) is 0 Å². The summed E-state index contributed by atoms with van der Waals surface area (Å²) in [6, 6.07) is 0. The van der Waals surface area contributed by atoms with E-state index in [-0.39, 0.29) is 17.5 Å². The van der Waals surface area contributed by atoms with Crippen molar-refractivity contribution in [1.82, 2.24) is 0 Å². The molecule has 0 saturated carbocycles.